The van der Waals surface area contributed by atoms with E-state index < -0.39 is 0 Å². The van der Waals surface area contributed by atoms with Crippen LogP contribution in [0.5, 0.6) is 0 Å². The summed E-state index contributed by atoms with van der Waals surface area (Å²) in [5.41, 5.74) is 6.37. The van der Waals surface area contributed by atoms with Gasteiger partial charge < -0.3 is 0 Å². The summed E-state index contributed by atoms with van der Waals surface area (Å²) in [4.78, 5) is 0. The highest BCUT2D eigenvalue weighted by Crippen LogP contribution is 2.48. The molecule has 20 heavy (non-hydrogen) atoms. The Morgan fingerprint density at radius 1 is 0.850 bits per heavy atom. The van der Waals surface area contributed by atoms with E-state index in [1.54, 1.807) is 0 Å². The summed E-state index contributed by atoms with van der Waals surface area (Å²) >= 11 is 0. The molecule has 3 aromatic rings. The van der Waals surface area contributed by atoms with Crippen LogP contribution in [0.4, 0.5) is 0 Å². The summed E-state index contributed by atoms with van der Waals surface area (Å²) in [5.74, 6) is 0. The van der Waals surface area contributed by atoms with Crippen molar-refractivity contribution in [3.8, 4) is 16.9 Å². The molecule has 98 valence electrons. The maximum absolute atomic E-state index is 4.62. The molecule has 0 saturated heterocycles. The Morgan fingerprint density at radius 2 is 1.55 bits per heavy atom. The zero-order chi connectivity index (χ0) is 13.7. The van der Waals surface area contributed by atoms with Crippen LogP contribution in [0.25, 0.3) is 16.9 Å². The molecule has 4 rings (SSSR count). The van der Waals surface area contributed by atoms with Gasteiger partial charge in [-0.15, -0.1) is 0 Å². The first-order chi connectivity index (χ1) is 9.69. The fraction of sp³-hybridized carbons (Fsp3) is 0.167. The fourth-order valence-corrected chi connectivity index (χ4v) is 3.21. The Labute approximate surface area is 118 Å². The minimum atomic E-state index is 0.0267. The van der Waals surface area contributed by atoms with Gasteiger partial charge in [0, 0.05) is 16.5 Å². The Bertz CT molecular complexity index is 782. The highest BCUT2D eigenvalue weighted by molar-refractivity contribution is 5.79. The molecule has 0 aliphatic heterocycles. The van der Waals surface area contributed by atoms with Crippen LogP contribution in [0.1, 0.15) is 25.0 Å². The van der Waals surface area contributed by atoms with Crippen LogP contribution in [-0.2, 0) is 5.41 Å². The number of rotatable bonds is 1. The van der Waals surface area contributed by atoms with Crippen molar-refractivity contribution in [1.29, 1.82) is 0 Å². The first-order valence-corrected chi connectivity index (χ1v) is 6.93. The predicted molar refractivity (Wildman–Crippen MR) is 81.1 cm³/mol. The maximum Gasteiger partial charge on any atom is 0.0784 e. The summed E-state index contributed by atoms with van der Waals surface area (Å²) < 4.78 is 2.06. The van der Waals surface area contributed by atoms with Crippen LogP contribution >= 0.6 is 0 Å². The zero-order valence-electron chi connectivity index (χ0n) is 11.7. The second-order valence-corrected chi connectivity index (χ2v) is 5.82. The lowest BCUT2D eigenvalue weighted by molar-refractivity contribution is 0.660. The summed E-state index contributed by atoms with van der Waals surface area (Å²) in [6.07, 6.45) is 2.02. The molecule has 0 radical (unpaired) electrons. The summed E-state index contributed by atoms with van der Waals surface area (Å²) in [6, 6.07) is 19.0. The molecule has 2 nitrogen and oxygen atoms in total. The van der Waals surface area contributed by atoms with Gasteiger partial charge in [0.1, 0.15) is 0 Å². The highest BCUT2D eigenvalue weighted by Gasteiger charge is 2.38. The molecule has 0 atom stereocenters. The van der Waals surface area contributed by atoms with Crippen LogP contribution in [0.2, 0.25) is 0 Å². The third-order valence-electron chi connectivity index (χ3n) is 4.30. The number of benzene rings is 2. The van der Waals surface area contributed by atoms with Crippen LogP contribution in [0.15, 0.2) is 60.8 Å². The van der Waals surface area contributed by atoms with E-state index in [4.69, 9.17) is 0 Å². The van der Waals surface area contributed by atoms with Crippen molar-refractivity contribution >= 4 is 0 Å². The molecule has 1 aliphatic rings. The summed E-state index contributed by atoms with van der Waals surface area (Å²) in [7, 11) is 0. The van der Waals surface area contributed by atoms with Crippen LogP contribution in [0, 0.1) is 0 Å². The van der Waals surface area contributed by atoms with Crippen LogP contribution in [-0.4, -0.2) is 9.78 Å². The lowest BCUT2D eigenvalue weighted by Crippen LogP contribution is -2.14. The molecule has 2 heteroatoms. The lowest BCUT2D eigenvalue weighted by Gasteiger charge is -2.19. The first-order valence-electron chi connectivity index (χ1n) is 6.93. The number of hydrogen-bond acceptors (Lipinski definition) is 1. The lowest BCUT2D eigenvalue weighted by atomic mass is 9.83. The molecular formula is C18H16N2. The molecule has 1 heterocycles. The van der Waals surface area contributed by atoms with E-state index in [2.05, 4.69) is 72.2 Å². The van der Waals surface area contributed by atoms with E-state index in [0.29, 0.717) is 0 Å². The van der Waals surface area contributed by atoms with Crippen molar-refractivity contribution in [1.82, 2.24) is 9.78 Å². The molecule has 2 aromatic carbocycles. The van der Waals surface area contributed by atoms with Gasteiger partial charge in [0.05, 0.1) is 17.6 Å². The molecular weight excluding hydrogens is 244 g/mol. The van der Waals surface area contributed by atoms with Gasteiger partial charge in [-0.05, 0) is 17.7 Å². The van der Waals surface area contributed by atoms with Gasteiger partial charge in [0.25, 0.3) is 0 Å². The minimum absolute atomic E-state index is 0.0267. The minimum Gasteiger partial charge on any atom is -0.233 e. The Kier molecular flexibility index (Phi) is 2.19. The molecule has 1 aromatic heterocycles. The zero-order valence-corrected chi connectivity index (χ0v) is 11.7. The van der Waals surface area contributed by atoms with Gasteiger partial charge in [-0.3, -0.25) is 0 Å². The van der Waals surface area contributed by atoms with Crippen molar-refractivity contribution < 1.29 is 0 Å². The van der Waals surface area contributed by atoms with Gasteiger partial charge in [-0.1, -0.05) is 56.3 Å². The van der Waals surface area contributed by atoms with Crippen molar-refractivity contribution in [3.05, 3.63) is 71.9 Å². The monoisotopic (exact) mass is 260 g/mol. The molecule has 1 aliphatic carbocycles. The summed E-state index contributed by atoms with van der Waals surface area (Å²) in [5, 5.41) is 4.62. The van der Waals surface area contributed by atoms with Crippen molar-refractivity contribution in [2.75, 3.05) is 0 Å². The summed E-state index contributed by atoms with van der Waals surface area (Å²) in [6.45, 7) is 4.54. The molecule has 0 spiro atoms. The first kappa shape index (κ1) is 11.5. The van der Waals surface area contributed by atoms with Gasteiger partial charge in [0.2, 0.25) is 0 Å². The normalized spacial score (nSPS) is 14.9. The fourth-order valence-electron chi connectivity index (χ4n) is 3.21. The van der Waals surface area contributed by atoms with Gasteiger partial charge >= 0.3 is 0 Å². The molecule has 0 amide bonds. The average Bonchev–Trinajstić information content (AvgIpc) is 3.01. The van der Waals surface area contributed by atoms with Crippen LogP contribution in [0.3, 0.4) is 0 Å². The van der Waals surface area contributed by atoms with E-state index in [1.165, 1.54) is 22.4 Å². The number of hydrogen-bond donors (Lipinski definition) is 0. The Hall–Kier alpha value is -2.35. The number of fused-ring (bicyclic) bond motifs is 3. The smallest absolute Gasteiger partial charge is 0.0784 e. The standard InChI is InChI=1S/C18H16N2/c1-18(2)15-11-7-6-10-14(15)17-16(18)12-19-20(17)13-8-4-3-5-9-13/h3-12H,1-2H3. The number of nitrogens with zero attached hydrogens (tertiary/aromatic N) is 2. The van der Waals surface area contributed by atoms with E-state index in [-0.39, 0.29) is 5.41 Å². The average molecular weight is 260 g/mol. The molecule has 0 saturated carbocycles. The SMILES string of the molecule is CC1(C)c2ccccc2-c2c1cnn2-c1ccccc1. The number of para-hydroxylation sites is 1. The van der Waals surface area contributed by atoms with Gasteiger partial charge in [0.15, 0.2) is 0 Å². The Morgan fingerprint density at radius 3 is 2.35 bits per heavy atom. The molecule has 0 fully saturated rings. The topological polar surface area (TPSA) is 17.8 Å². The highest BCUT2D eigenvalue weighted by atomic mass is 15.3. The van der Waals surface area contributed by atoms with E-state index in [0.717, 1.165) is 5.69 Å². The second kappa shape index (κ2) is 3.83. The van der Waals surface area contributed by atoms with Crippen molar-refractivity contribution in [2.24, 2.45) is 0 Å². The third-order valence-corrected chi connectivity index (χ3v) is 4.30. The van der Waals surface area contributed by atoms with Crippen molar-refractivity contribution in [3.63, 3.8) is 0 Å². The third kappa shape index (κ3) is 1.36. The van der Waals surface area contributed by atoms with Gasteiger partial charge in [-0.25, -0.2) is 4.68 Å². The van der Waals surface area contributed by atoms with Crippen molar-refractivity contribution in [2.45, 2.75) is 19.3 Å². The predicted octanol–water partition coefficient (Wildman–Crippen LogP) is 4.18. The number of aromatic nitrogens is 2. The van der Waals surface area contributed by atoms with Gasteiger partial charge in [-0.2, -0.15) is 5.10 Å². The molecule has 0 unspecified atom stereocenters. The van der Waals surface area contributed by atoms with E-state index in [9.17, 15) is 0 Å². The maximum atomic E-state index is 4.62. The molecule has 0 N–H and O–H groups in total. The quantitative estimate of drug-likeness (QED) is 0.642. The second-order valence-electron chi connectivity index (χ2n) is 5.82. The van der Waals surface area contributed by atoms with E-state index in [1.807, 2.05) is 12.3 Å². The van der Waals surface area contributed by atoms with E-state index >= 15 is 0 Å². The molecule has 0 bridgehead atoms. The van der Waals surface area contributed by atoms with Crippen LogP contribution < -0.4 is 0 Å². The largest absolute Gasteiger partial charge is 0.233 e. The Balaban J connectivity index is 2.04.